The van der Waals surface area contributed by atoms with Gasteiger partial charge in [0.05, 0.1) is 53.4 Å². The van der Waals surface area contributed by atoms with Crippen LogP contribution in [0.15, 0.2) is 5.16 Å². The van der Waals surface area contributed by atoms with Crippen LogP contribution in [0.1, 0.15) is 94.9 Å². The van der Waals surface area contributed by atoms with E-state index < -0.39 is 102 Å². The number of carbonyl (C=O) groups excluding carboxylic acids is 1. The molecule has 3 saturated heterocycles. The number of halogens is 1. The SMILES string of the molecule is CC[C@H]1OC(=O)[C@H](C)[C@@H](O[C@H]2C[C@](C)(OC)[C@@H](O)C(C)O2)[C@H](C)[C@@H](O[C@@H]2OC(C)C[C@@H](N(C)C)C2O)[C@](C)(O)C[C@@H](C)/C(=N\O)[C@H](C)[C@@H](O)[C@]1(C)O.Cl. The number of ether oxygens (including phenoxy) is 6. The van der Waals surface area contributed by atoms with Gasteiger partial charge < -0.3 is 64.1 Å². The maximum absolute atomic E-state index is 14.1. The highest BCUT2D eigenvalue weighted by molar-refractivity contribution is 5.88. The summed E-state index contributed by atoms with van der Waals surface area (Å²) >= 11 is 0. The fraction of sp³-hybridized carbons (Fsp3) is 0.946. The van der Waals surface area contributed by atoms with Crippen LogP contribution in [0.2, 0.25) is 0 Å². The summed E-state index contributed by atoms with van der Waals surface area (Å²) in [5.74, 6) is -4.24. The second-order valence-electron chi connectivity index (χ2n) is 16.6. The summed E-state index contributed by atoms with van der Waals surface area (Å²) in [5, 5.41) is 71.8. The molecule has 312 valence electrons. The molecule has 18 atom stereocenters. The molecule has 0 saturated carbocycles. The molecule has 15 nitrogen and oxygen atoms in total. The lowest BCUT2D eigenvalue weighted by molar-refractivity contribution is -0.317. The molecular weight excluding hydrogens is 716 g/mol. The maximum atomic E-state index is 14.1. The molecule has 0 amide bonds. The molecule has 3 aliphatic rings. The first-order valence-electron chi connectivity index (χ1n) is 18.7. The summed E-state index contributed by atoms with van der Waals surface area (Å²) in [5.41, 5.74) is -4.68. The zero-order valence-corrected chi connectivity index (χ0v) is 34.6. The molecule has 0 radical (unpaired) electrons. The van der Waals surface area contributed by atoms with E-state index in [9.17, 15) is 35.5 Å². The minimum atomic E-state index is -1.97. The Morgan fingerprint density at radius 3 is 2.06 bits per heavy atom. The molecule has 3 fully saturated rings. The second-order valence-corrected chi connectivity index (χ2v) is 16.6. The number of oxime groups is 1. The zero-order valence-electron chi connectivity index (χ0n) is 33.8. The number of rotatable bonds is 7. The molecule has 0 aliphatic carbocycles. The predicted molar refractivity (Wildman–Crippen MR) is 198 cm³/mol. The number of methoxy groups -OCH3 is 1. The summed E-state index contributed by atoms with van der Waals surface area (Å²) in [6, 6.07) is -0.322. The average molecular weight is 785 g/mol. The molecule has 3 rings (SSSR count). The third-order valence-corrected chi connectivity index (χ3v) is 12.0. The predicted octanol–water partition coefficient (Wildman–Crippen LogP) is 2.47. The van der Waals surface area contributed by atoms with Crippen molar-refractivity contribution in [1.29, 1.82) is 0 Å². The van der Waals surface area contributed by atoms with Crippen molar-refractivity contribution in [3.05, 3.63) is 0 Å². The number of cyclic esters (lactones) is 1. The number of carbonyl (C=O) groups is 1. The van der Waals surface area contributed by atoms with Crippen molar-refractivity contribution in [2.75, 3.05) is 21.2 Å². The first-order valence-corrected chi connectivity index (χ1v) is 18.7. The molecular formula is C37H69ClN2O13. The smallest absolute Gasteiger partial charge is 0.311 e. The number of aliphatic hydroxyl groups is 5. The van der Waals surface area contributed by atoms with E-state index in [0.29, 0.717) is 6.42 Å². The van der Waals surface area contributed by atoms with Crippen molar-refractivity contribution in [2.24, 2.45) is 28.8 Å². The third-order valence-electron chi connectivity index (χ3n) is 12.0. The van der Waals surface area contributed by atoms with Gasteiger partial charge >= 0.3 is 5.97 Å². The first-order chi connectivity index (χ1) is 24.0. The van der Waals surface area contributed by atoms with Crippen LogP contribution in [-0.4, -0.2) is 153 Å². The van der Waals surface area contributed by atoms with Crippen LogP contribution in [0.3, 0.4) is 0 Å². The summed E-state index contributed by atoms with van der Waals surface area (Å²) in [4.78, 5) is 16.0. The molecule has 3 unspecified atom stereocenters. The van der Waals surface area contributed by atoms with Crippen molar-refractivity contribution < 1.29 is 64.0 Å². The molecule has 3 aliphatic heterocycles. The van der Waals surface area contributed by atoms with E-state index in [1.54, 1.807) is 55.4 Å². The van der Waals surface area contributed by atoms with Crippen LogP contribution in [0, 0.1) is 23.7 Å². The summed E-state index contributed by atoms with van der Waals surface area (Å²) in [6.07, 6.45) is -9.51. The summed E-state index contributed by atoms with van der Waals surface area (Å²) in [7, 11) is 5.19. The number of esters is 1. The highest BCUT2D eigenvalue weighted by atomic mass is 35.5. The number of aliphatic hydroxyl groups excluding tert-OH is 3. The molecule has 0 aromatic heterocycles. The normalized spacial score (nSPS) is 48.8. The Labute approximate surface area is 321 Å². The maximum Gasteiger partial charge on any atom is 0.311 e. The van der Waals surface area contributed by atoms with Crippen molar-refractivity contribution in [2.45, 2.75) is 179 Å². The van der Waals surface area contributed by atoms with Gasteiger partial charge in [-0.15, -0.1) is 12.4 Å². The monoisotopic (exact) mass is 784 g/mol. The van der Waals surface area contributed by atoms with Gasteiger partial charge in [-0.3, -0.25) is 4.79 Å². The lowest BCUT2D eigenvalue weighted by Crippen LogP contribution is -2.61. The van der Waals surface area contributed by atoms with Crippen LogP contribution in [0.4, 0.5) is 0 Å². The molecule has 16 heteroatoms. The van der Waals surface area contributed by atoms with E-state index in [2.05, 4.69) is 5.16 Å². The molecule has 6 N–H and O–H groups in total. The summed E-state index contributed by atoms with van der Waals surface area (Å²) < 4.78 is 37.2. The first kappa shape index (κ1) is 47.9. The Morgan fingerprint density at radius 2 is 1.53 bits per heavy atom. The number of hydrogen-bond acceptors (Lipinski definition) is 15. The van der Waals surface area contributed by atoms with Crippen LogP contribution < -0.4 is 0 Å². The Bertz CT molecular complexity index is 1210. The van der Waals surface area contributed by atoms with Gasteiger partial charge in [0.25, 0.3) is 0 Å². The Kier molecular flexibility index (Phi) is 17.0. The van der Waals surface area contributed by atoms with Crippen molar-refractivity contribution in [1.82, 2.24) is 4.90 Å². The highest BCUT2D eigenvalue weighted by Crippen LogP contribution is 2.41. The van der Waals surface area contributed by atoms with Gasteiger partial charge in [0.1, 0.15) is 23.9 Å². The van der Waals surface area contributed by atoms with Crippen LogP contribution in [0.25, 0.3) is 0 Å². The van der Waals surface area contributed by atoms with Gasteiger partial charge in [-0.1, -0.05) is 32.9 Å². The van der Waals surface area contributed by atoms with Crippen molar-refractivity contribution >= 4 is 24.1 Å². The fourth-order valence-corrected chi connectivity index (χ4v) is 8.61. The molecule has 53 heavy (non-hydrogen) atoms. The van der Waals surface area contributed by atoms with E-state index in [0.717, 1.165) is 0 Å². The number of nitrogens with zero attached hydrogens (tertiary/aromatic N) is 2. The quantitative estimate of drug-likeness (QED) is 0.125. The molecule has 0 aromatic rings. The molecule has 0 aromatic carbocycles. The molecule has 0 bridgehead atoms. The standard InChI is InChI=1S/C37H68N2O13.ClH/c1-14-25-37(10,45)30(41)20(4)27(38-46)18(2)16-35(8,44)32(52-34-28(40)24(39(11)12)15-19(3)48-34)21(5)29(22(6)33(43)50-25)51-26-17-36(9,47-13)31(42)23(7)49-26;/h18-26,28-32,34,40-42,44-46H,14-17H2,1-13H3;1H/b38-27+;/t18-,19?,20+,21+,22-,23?,24-,25-,26+,28?,29+,30-,31+,32-,34+,35-,36+,37-;/m1./s1. The van der Waals surface area contributed by atoms with Gasteiger partial charge in [0.2, 0.25) is 0 Å². The topological polar surface area (TPSA) is 209 Å². The highest BCUT2D eigenvalue weighted by Gasteiger charge is 2.53. The second kappa shape index (κ2) is 18.8. The number of likely N-dealkylation sites (N-methyl/N-ethyl adjacent to an activating group) is 1. The largest absolute Gasteiger partial charge is 0.459 e. The lowest BCUT2D eigenvalue weighted by atomic mass is 9.73. The van der Waals surface area contributed by atoms with E-state index in [4.69, 9.17) is 28.4 Å². The van der Waals surface area contributed by atoms with Gasteiger partial charge in [-0.05, 0) is 74.9 Å². The number of hydrogen-bond donors (Lipinski definition) is 6. The van der Waals surface area contributed by atoms with E-state index in [1.807, 2.05) is 25.9 Å². The molecule has 3 heterocycles. The zero-order chi connectivity index (χ0) is 39.7. The van der Waals surface area contributed by atoms with Crippen molar-refractivity contribution in [3.63, 3.8) is 0 Å². The van der Waals surface area contributed by atoms with Crippen LogP contribution in [0.5, 0.6) is 0 Å². The fourth-order valence-electron chi connectivity index (χ4n) is 8.61. The summed E-state index contributed by atoms with van der Waals surface area (Å²) in [6.45, 7) is 16.6. The van der Waals surface area contributed by atoms with E-state index >= 15 is 0 Å². The lowest BCUT2D eigenvalue weighted by Gasteiger charge is -2.49. The minimum absolute atomic E-state index is 0. The van der Waals surface area contributed by atoms with Gasteiger partial charge in [0.15, 0.2) is 12.6 Å². The van der Waals surface area contributed by atoms with Crippen molar-refractivity contribution in [3.8, 4) is 0 Å². The molecule has 0 spiro atoms. The Balaban J connectivity index is 0.00000972. The van der Waals surface area contributed by atoms with Crippen LogP contribution in [-0.2, 0) is 33.2 Å². The average Bonchev–Trinajstić information content (AvgIpc) is 3.06. The van der Waals surface area contributed by atoms with E-state index in [1.165, 1.54) is 14.0 Å². The van der Waals surface area contributed by atoms with E-state index in [-0.39, 0.29) is 49.5 Å². The minimum Gasteiger partial charge on any atom is -0.459 e. The van der Waals surface area contributed by atoms with Gasteiger partial charge in [-0.25, -0.2) is 0 Å². The Morgan fingerprint density at radius 1 is 0.925 bits per heavy atom. The third kappa shape index (κ3) is 10.4. The van der Waals surface area contributed by atoms with Gasteiger partial charge in [-0.2, -0.15) is 0 Å². The van der Waals surface area contributed by atoms with Crippen LogP contribution >= 0.6 is 12.4 Å². The van der Waals surface area contributed by atoms with Gasteiger partial charge in [0, 0.05) is 37.3 Å². The Hall–Kier alpha value is -1.21.